The van der Waals surface area contributed by atoms with Crippen molar-refractivity contribution in [1.82, 2.24) is 5.32 Å². The highest BCUT2D eigenvalue weighted by Crippen LogP contribution is 2.28. The van der Waals surface area contributed by atoms with E-state index in [4.69, 9.17) is 27.5 Å². The Bertz CT molecular complexity index is 679. The third kappa shape index (κ3) is 5.21. The highest BCUT2D eigenvalue weighted by Gasteiger charge is 2.06. The summed E-state index contributed by atoms with van der Waals surface area (Å²) < 4.78 is 11.1. The molecule has 0 spiro atoms. The van der Waals surface area contributed by atoms with Crippen LogP contribution in [0.5, 0.6) is 11.5 Å². The van der Waals surface area contributed by atoms with Crippen molar-refractivity contribution in [3.63, 3.8) is 0 Å². The average molecular weight is 330 g/mol. The van der Waals surface area contributed by atoms with Crippen molar-refractivity contribution in [3.05, 3.63) is 58.6 Å². The van der Waals surface area contributed by atoms with Gasteiger partial charge in [0, 0.05) is 18.1 Å². The first kappa shape index (κ1) is 17.2. The molecule has 0 amide bonds. The molecule has 0 aliphatic rings. The Morgan fingerprint density at radius 3 is 2.65 bits per heavy atom. The lowest BCUT2D eigenvalue weighted by Crippen LogP contribution is -2.13. The zero-order valence-corrected chi connectivity index (χ0v) is 13.9. The molecular formula is C19H20ClNO2. The van der Waals surface area contributed by atoms with Crippen LogP contribution in [-0.2, 0) is 13.1 Å². The van der Waals surface area contributed by atoms with Crippen LogP contribution in [0.4, 0.5) is 0 Å². The van der Waals surface area contributed by atoms with Crippen LogP contribution in [0.15, 0.2) is 42.5 Å². The van der Waals surface area contributed by atoms with Crippen LogP contribution in [-0.4, -0.2) is 13.2 Å². The van der Waals surface area contributed by atoms with Gasteiger partial charge in [0.15, 0.2) is 11.5 Å². The summed E-state index contributed by atoms with van der Waals surface area (Å²) in [5.41, 5.74) is 2.18. The van der Waals surface area contributed by atoms with Crippen LogP contribution < -0.4 is 14.8 Å². The van der Waals surface area contributed by atoms with Crippen molar-refractivity contribution >= 4 is 11.6 Å². The van der Waals surface area contributed by atoms with E-state index in [1.807, 2.05) is 49.4 Å². The van der Waals surface area contributed by atoms with Gasteiger partial charge in [-0.3, -0.25) is 0 Å². The van der Waals surface area contributed by atoms with Crippen molar-refractivity contribution in [2.24, 2.45) is 0 Å². The van der Waals surface area contributed by atoms with Gasteiger partial charge in [-0.15, -0.1) is 6.42 Å². The highest BCUT2D eigenvalue weighted by molar-refractivity contribution is 6.31. The molecule has 23 heavy (non-hydrogen) atoms. The maximum atomic E-state index is 6.15. The van der Waals surface area contributed by atoms with Crippen molar-refractivity contribution in [2.45, 2.75) is 20.0 Å². The second kappa shape index (κ2) is 9.09. The summed E-state index contributed by atoms with van der Waals surface area (Å²) in [5.74, 6) is 3.83. The number of ether oxygens (including phenoxy) is 2. The predicted octanol–water partition coefficient (Wildman–Crippen LogP) is 4.04. The molecule has 0 aliphatic heterocycles. The number of benzene rings is 2. The number of hydrogen-bond donors (Lipinski definition) is 1. The van der Waals surface area contributed by atoms with Crippen molar-refractivity contribution in [1.29, 1.82) is 0 Å². The predicted molar refractivity (Wildman–Crippen MR) is 93.9 cm³/mol. The van der Waals surface area contributed by atoms with Crippen LogP contribution in [0.3, 0.4) is 0 Å². The topological polar surface area (TPSA) is 30.5 Å². The fraction of sp³-hybridized carbons (Fsp3) is 0.263. The number of halogens is 1. The Kier molecular flexibility index (Phi) is 6.80. The molecule has 0 bridgehead atoms. The molecule has 1 N–H and O–H groups in total. The standard InChI is InChI=1S/C19H20ClNO2/c1-3-11-23-18-10-9-15(12-19(18)22-4-2)13-21-14-16-7-5-6-8-17(16)20/h1,5-10,12,21H,4,11,13-14H2,2H3. The molecule has 0 atom stereocenters. The Labute approximate surface area is 142 Å². The summed E-state index contributed by atoms with van der Waals surface area (Å²) in [6.45, 7) is 4.15. The Balaban J connectivity index is 1.98. The van der Waals surface area contributed by atoms with Crippen LogP contribution in [0.1, 0.15) is 18.1 Å². The molecule has 2 aromatic carbocycles. The minimum atomic E-state index is 0.226. The van der Waals surface area contributed by atoms with Gasteiger partial charge in [0.2, 0.25) is 0 Å². The largest absolute Gasteiger partial charge is 0.490 e. The van der Waals surface area contributed by atoms with Crippen molar-refractivity contribution < 1.29 is 9.47 Å². The molecule has 0 unspecified atom stereocenters. The first-order valence-electron chi connectivity index (χ1n) is 7.50. The third-order valence-electron chi connectivity index (χ3n) is 3.22. The van der Waals surface area contributed by atoms with Crippen LogP contribution in [0, 0.1) is 12.3 Å². The summed E-state index contributed by atoms with van der Waals surface area (Å²) in [6.07, 6.45) is 5.23. The monoisotopic (exact) mass is 329 g/mol. The van der Waals surface area contributed by atoms with E-state index in [9.17, 15) is 0 Å². The third-order valence-corrected chi connectivity index (χ3v) is 3.59. The number of terminal acetylenes is 1. The molecule has 3 nitrogen and oxygen atoms in total. The van der Waals surface area contributed by atoms with Gasteiger partial charge >= 0.3 is 0 Å². The first-order valence-corrected chi connectivity index (χ1v) is 7.88. The summed E-state index contributed by atoms with van der Waals surface area (Å²) in [5, 5.41) is 4.15. The SMILES string of the molecule is C#CCOc1ccc(CNCc2ccccc2Cl)cc1OCC. The smallest absolute Gasteiger partial charge is 0.162 e. The minimum Gasteiger partial charge on any atom is -0.490 e. The molecule has 0 fully saturated rings. The van der Waals surface area contributed by atoms with Gasteiger partial charge in [0.25, 0.3) is 0 Å². The second-order valence-corrected chi connectivity index (χ2v) is 5.31. The van der Waals surface area contributed by atoms with Gasteiger partial charge in [-0.05, 0) is 36.2 Å². The van der Waals surface area contributed by atoms with Gasteiger partial charge in [0.1, 0.15) is 6.61 Å². The summed E-state index contributed by atoms with van der Waals surface area (Å²) in [4.78, 5) is 0. The van der Waals surface area contributed by atoms with E-state index in [0.29, 0.717) is 31.2 Å². The van der Waals surface area contributed by atoms with Gasteiger partial charge in [-0.2, -0.15) is 0 Å². The van der Waals surface area contributed by atoms with E-state index in [1.165, 1.54) is 0 Å². The van der Waals surface area contributed by atoms with Gasteiger partial charge in [0.05, 0.1) is 6.61 Å². The van der Waals surface area contributed by atoms with E-state index in [2.05, 4.69) is 11.2 Å². The molecule has 0 radical (unpaired) electrons. The van der Waals surface area contributed by atoms with Crippen LogP contribution in [0.25, 0.3) is 0 Å². The normalized spacial score (nSPS) is 10.1. The molecule has 4 heteroatoms. The second-order valence-electron chi connectivity index (χ2n) is 4.90. The maximum absolute atomic E-state index is 6.15. The molecule has 0 saturated heterocycles. The maximum Gasteiger partial charge on any atom is 0.162 e. The molecule has 0 aromatic heterocycles. The highest BCUT2D eigenvalue weighted by atomic mass is 35.5. The minimum absolute atomic E-state index is 0.226. The van der Waals surface area contributed by atoms with E-state index in [0.717, 1.165) is 16.1 Å². The number of hydrogen-bond acceptors (Lipinski definition) is 3. The fourth-order valence-corrected chi connectivity index (χ4v) is 2.36. The quantitative estimate of drug-likeness (QED) is 0.741. The van der Waals surface area contributed by atoms with E-state index in [1.54, 1.807) is 0 Å². The van der Waals surface area contributed by atoms with Crippen LogP contribution >= 0.6 is 11.6 Å². The zero-order valence-electron chi connectivity index (χ0n) is 13.1. The molecular weight excluding hydrogens is 310 g/mol. The summed E-state index contributed by atoms with van der Waals surface area (Å²) in [7, 11) is 0. The molecule has 120 valence electrons. The molecule has 0 aliphatic carbocycles. The number of rotatable bonds is 8. The van der Waals surface area contributed by atoms with Crippen LogP contribution in [0.2, 0.25) is 5.02 Å². The van der Waals surface area contributed by atoms with Gasteiger partial charge < -0.3 is 14.8 Å². The summed E-state index contributed by atoms with van der Waals surface area (Å²) in [6, 6.07) is 13.7. The fourth-order valence-electron chi connectivity index (χ4n) is 2.15. The Morgan fingerprint density at radius 1 is 1.09 bits per heavy atom. The molecule has 2 aromatic rings. The lowest BCUT2D eigenvalue weighted by molar-refractivity contribution is 0.299. The van der Waals surface area contributed by atoms with Gasteiger partial charge in [-0.25, -0.2) is 0 Å². The van der Waals surface area contributed by atoms with E-state index >= 15 is 0 Å². The van der Waals surface area contributed by atoms with E-state index < -0.39 is 0 Å². The van der Waals surface area contributed by atoms with Crippen molar-refractivity contribution in [3.8, 4) is 23.8 Å². The Hall–Kier alpha value is -2.15. The van der Waals surface area contributed by atoms with Crippen molar-refractivity contribution in [2.75, 3.05) is 13.2 Å². The first-order chi connectivity index (χ1) is 11.2. The molecule has 2 rings (SSSR count). The average Bonchev–Trinajstić information content (AvgIpc) is 2.56. The zero-order chi connectivity index (χ0) is 16.5. The molecule has 0 saturated carbocycles. The lowest BCUT2D eigenvalue weighted by Gasteiger charge is -2.13. The lowest BCUT2D eigenvalue weighted by atomic mass is 10.2. The summed E-state index contributed by atoms with van der Waals surface area (Å²) >= 11 is 6.15. The number of nitrogens with one attached hydrogen (secondary N) is 1. The molecule has 0 heterocycles. The van der Waals surface area contributed by atoms with E-state index in [-0.39, 0.29) is 6.61 Å². The van der Waals surface area contributed by atoms with Gasteiger partial charge in [-0.1, -0.05) is 41.8 Å². The Morgan fingerprint density at radius 2 is 1.91 bits per heavy atom.